The summed E-state index contributed by atoms with van der Waals surface area (Å²) in [6, 6.07) is 0. The van der Waals surface area contributed by atoms with Crippen molar-refractivity contribution >= 4 is 11.9 Å². The molecule has 0 amide bonds. The second-order valence-electron chi connectivity index (χ2n) is 2.66. The lowest BCUT2D eigenvalue weighted by Gasteiger charge is -2.00. The van der Waals surface area contributed by atoms with Crippen LogP contribution in [0.1, 0.15) is 13.3 Å². The van der Waals surface area contributed by atoms with Crippen molar-refractivity contribution in [1.29, 1.82) is 0 Å². The molecule has 0 bridgehead atoms. The normalized spacial score (nSPS) is 10.3. The van der Waals surface area contributed by atoms with Crippen molar-refractivity contribution in [3.05, 3.63) is 12.2 Å². The van der Waals surface area contributed by atoms with Crippen LogP contribution in [0.5, 0.6) is 0 Å². The van der Waals surface area contributed by atoms with Gasteiger partial charge in [0.15, 0.2) is 0 Å². The van der Waals surface area contributed by atoms with Crippen LogP contribution in [0.3, 0.4) is 0 Å². The minimum absolute atomic E-state index is 0.170. The molecule has 0 spiro atoms. The van der Waals surface area contributed by atoms with E-state index < -0.39 is 11.9 Å². The second-order valence-corrected chi connectivity index (χ2v) is 2.66. The predicted octanol–water partition coefficient (Wildman–Crippen LogP) is 0.685. The average molecular weight is 216 g/mol. The lowest BCUT2D eigenvalue weighted by atomic mass is 10.5. The highest BCUT2D eigenvalue weighted by Gasteiger charge is 1.99. The molecule has 0 aliphatic rings. The molecule has 0 aliphatic heterocycles. The summed E-state index contributed by atoms with van der Waals surface area (Å²) in [5.74, 6) is -1.12. The van der Waals surface area contributed by atoms with Gasteiger partial charge in [-0.25, -0.2) is 9.59 Å². The Kier molecular flexibility index (Phi) is 8.37. The number of hydrogen-bond donors (Lipinski definition) is 0. The first-order valence-electron chi connectivity index (χ1n) is 4.71. The van der Waals surface area contributed by atoms with E-state index in [0.29, 0.717) is 13.2 Å². The van der Waals surface area contributed by atoms with Gasteiger partial charge in [0.05, 0.1) is 13.2 Å². The SMILES string of the molecule is CCCOC(=O)/C=C/C(=O)OCCOC. The quantitative estimate of drug-likeness (QED) is 0.356. The van der Waals surface area contributed by atoms with Crippen molar-refractivity contribution < 1.29 is 23.8 Å². The van der Waals surface area contributed by atoms with Gasteiger partial charge in [0.1, 0.15) is 6.61 Å². The first-order chi connectivity index (χ1) is 7.20. The molecular weight excluding hydrogens is 200 g/mol. The maximum Gasteiger partial charge on any atom is 0.331 e. The molecule has 86 valence electrons. The minimum Gasteiger partial charge on any atom is -0.463 e. The fourth-order valence-corrected chi connectivity index (χ4v) is 0.661. The smallest absolute Gasteiger partial charge is 0.331 e. The molecule has 0 aromatic carbocycles. The van der Waals surface area contributed by atoms with Crippen LogP contribution in [-0.4, -0.2) is 38.9 Å². The molecule has 0 aromatic rings. The van der Waals surface area contributed by atoms with Gasteiger partial charge in [-0.05, 0) is 6.42 Å². The summed E-state index contributed by atoms with van der Waals surface area (Å²) >= 11 is 0. The Morgan fingerprint density at radius 1 is 1.00 bits per heavy atom. The highest BCUT2D eigenvalue weighted by atomic mass is 16.6. The molecule has 0 fully saturated rings. The van der Waals surface area contributed by atoms with Gasteiger partial charge in [0.25, 0.3) is 0 Å². The van der Waals surface area contributed by atoms with E-state index in [9.17, 15) is 9.59 Å². The summed E-state index contributed by atoms with van der Waals surface area (Å²) < 4.78 is 14.1. The second kappa shape index (κ2) is 9.21. The largest absolute Gasteiger partial charge is 0.463 e. The van der Waals surface area contributed by atoms with Gasteiger partial charge in [-0.1, -0.05) is 6.92 Å². The van der Waals surface area contributed by atoms with E-state index in [-0.39, 0.29) is 6.61 Å². The molecule has 0 aliphatic carbocycles. The van der Waals surface area contributed by atoms with Gasteiger partial charge in [-0.15, -0.1) is 0 Å². The van der Waals surface area contributed by atoms with E-state index in [2.05, 4.69) is 9.47 Å². The number of ether oxygens (including phenoxy) is 3. The molecule has 0 atom stereocenters. The monoisotopic (exact) mass is 216 g/mol. The Bertz CT molecular complexity index is 222. The molecular formula is C10H16O5. The highest BCUT2D eigenvalue weighted by molar-refractivity contribution is 5.91. The van der Waals surface area contributed by atoms with Crippen LogP contribution in [0.2, 0.25) is 0 Å². The Labute approximate surface area is 89.0 Å². The van der Waals surface area contributed by atoms with Gasteiger partial charge in [-0.2, -0.15) is 0 Å². The summed E-state index contributed by atoms with van der Waals surface area (Å²) in [6.45, 7) is 2.74. The van der Waals surface area contributed by atoms with Crippen molar-refractivity contribution in [2.75, 3.05) is 26.9 Å². The third kappa shape index (κ3) is 8.96. The molecule has 0 saturated heterocycles. The molecule has 0 heterocycles. The van der Waals surface area contributed by atoms with Crippen molar-refractivity contribution in [2.24, 2.45) is 0 Å². The van der Waals surface area contributed by atoms with Crippen LogP contribution < -0.4 is 0 Å². The molecule has 0 saturated carbocycles. The number of methoxy groups -OCH3 is 1. The molecule has 15 heavy (non-hydrogen) atoms. The average Bonchev–Trinajstić information content (AvgIpc) is 2.24. The van der Waals surface area contributed by atoms with E-state index in [4.69, 9.17) is 4.74 Å². The van der Waals surface area contributed by atoms with Crippen LogP contribution in [0, 0.1) is 0 Å². The van der Waals surface area contributed by atoms with Gasteiger partial charge in [-0.3, -0.25) is 0 Å². The fourth-order valence-electron chi connectivity index (χ4n) is 0.661. The van der Waals surface area contributed by atoms with Crippen LogP contribution in [0.15, 0.2) is 12.2 Å². The third-order valence-electron chi connectivity index (χ3n) is 1.34. The molecule has 0 aromatic heterocycles. The third-order valence-corrected chi connectivity index (χ3v) is 1.34. The number of carbonyl (C=O) groups excluding carboxylic acids is 2. The van der Waals surface area contributed by atoms with Crippen molar-refractivity contribution in [2.45, 2.75) is 13.3 Å². The van der Waals surface area contributed by atoms with Gasteiger partial charge in [0.2, 0.25) is 0 Å². The van der Waals surface area contributed by atoms with E-state index in [1.807, 2.05) is 6.92 Å². The van der Waals surface area contributed by atoms with Crippen LogP contribution >= 0.6 is 0 Å². The van der Waals surface area contributed by atoms with Crippen LogP contribution in [0.25, 0.3) is 0 Å². The van der Waals surface area contributed by atoms with Crippen molar-refractivity contribution in [3.8, 4) is 0 Å². The Morgan fingerprint density at radius 2 is 1.53 bits per heavy atom. The van der Waals surface area contributed by atoms with Gasteiger partial charge >= 0.3 is 11.9 Å². The lowest BCUT2D eigenvalue weighted by Crippen LogP contribution is -2.08. The standard InChI is InChI=1S/C10H16O5/c1-3-6-14-9(11)4-5-10(12)15-8-7-13-2/h4-5H,3,6-8H2,1-2H3/b5-4+. The first-order valence-corrected chi connectivity index (χ1v) is 4.71. The van der Waals surface area contributed by atoms with E-state index >= 15 is 0 Å². The van der Waals surface area contributed by atoms with Crippen LogP contribution in [0.4, 0.5) is 0 Å². The number of carbonyl (C=O) groups is 2. The maximum absolute atomic E-state index is 10.9. The molecule has 0 radical (unpaired) electrons. The zero-order chi connectivity index (χ0) is 11.5. The summed E-state index contributed by atoms with van der Waals surface area (Å²) in [5.41, 5.74) is 0. The fraction of sp³-hybridized carbons (Fsp3) is 0.600. The van der Waals surface area contributed by atoms with E-state index in [1.165, 1.54) is 7.11 Å². The van der Waals surface area contributed by atoms with E-state index in [0.717, 1.165) is 18.6 Å². The Balaban J connectivity index is 3.65. The predicted molar refractivity (Wildman–Crippen MR) is 53.2 cm³/mol. The number of hydrogen-bond acceptors (Lipinski definition) is 5. The minimum atomic E-state index is -0.583. The lowest BCUT2D eigenvalue weighted by molar-refractivity contribution is -0.141. The molecule has 5 heteroatoms. The highest BCUT2D eigenvalue weighted by Crippen LogP contribution is 1.87. The van der Waals surface area contributed by atoms with Gasteiger partial charge in [0, 0.05) is 19.3 Å². The summed E-state index contributed by atoms with van der Waals surface area (Å²) in [4.78, 5) is 21.8. The Morgan fingerprint density at radius 3 is 2.00 bits per heavy atom. The van der Waals surface area contributed by atoms with Crippen LogP contribution in [-0.2, 0) is 23.8 Å². The van der Waals surface area contributed by atoms with Crippen molar-refractivity contribution in [1.82, 2.24) is 0 Å². The van der Waals surface area contributed by atoms with E-state index in [1.54, 1.807) is 0 Å². The van der Waals surface area contributed by atoms with Gasteiger partial charge < -0.3 is 14.2 Å². The molecule has 5 nitrogen and oxygen atoms in total. The summed E-state index contributed by atoms with van der Waals surface area (Å²) in [6.07, 6.45) is 2.83. The topological polar surface area (TPSA) is 61.8 Å². The Hall–Kier alpha value is -1.36. The summed E-state index contributed by atoms with van der Waals surface area (Å²) in [5, 5.41) is 0. The first kappa shape index (κ1) is 13.6. The zero-order valence-corrected chi connectivity index (χ0v) is 9.02. The molecule has 0 N–H and O–H groups in total. The molecule has 0 rings (SSSR count). The number of esters is 2. The maximum atomic E-state index is 10.9. The van der Waals surface area contributed by atoms with Crippen molar-refractivity contribution in [3.63, 3.8) is 0 Å². The zero-order valence-electron chi connectivity index (χ0n) is 9.02. The summed E-state index contributed by atoms with van der Waals surface area (Å²) in [7, 11) is 1.51. The molecule has 0 unspecified atom stereocenters. The number of rotatable bonds is 7.